The topological polar surface area (TPSA) is 75.6 Å². The molecule has 2 aromatic heterocycles. The zero-order valence-corrected chi connectivity index (χ0v) is 14.6. The summed E-state index contributed by atoms with van der Waals surface area (Å²) in [6, 6.07) is 19.4. The Kier molecular flexibility index (Phi) is 4.78. The standard InChI is InChI=1S/C21H19N5O/c27-21(17-14-24-26(15-17)18-9-5-2-6-10-18)25-19(13-20-22-11-12-23-20)16-7-3-1-4-8-16/h1-12,14-15,19H,13H2,(H,22,23)(H,25,27)/t19-/m0/s1. The van der Waals surface area contributed by atoms with Gasteiger partial charge in [0.15, 0.2) is 0 Å². The number of rotatable bonds is 6. The van der Waals surface area contributed by atoms with Crippen LogP contribution in [0.2, 0.25) is 0 Å². The number of aromatic amines is 1. The molecule has 27 heavy (non-hydrogen) atoms. The molecule has 0 unspecified atom stereocenters. The van der Waals surface area contributed by atoms with E-state index < -0.39 is 0 Å². The number of nitrogens with one attached hydrogen (secondary N) is 2. The van der Waals surface area contributed by atoms with Crippen LogP contribution in [-0.2, 0) is 6.42 Å². The highest BCUT2D eigenvalue weighted by Crippen LogP contribution is 2.18. The molecule has 0 saturated carbocycles. The molecule has 4 aromatic rings. The van der Waals surface area contributed by atoms with Crippen LogP contribution < -0.4 is 5.32 Å². The van der Waals surface area contributed by atoms with Gasteiger partial charge in [-0.15, -0.1) is 0 Å². The van der Waals surface area contributed by atoms with Crippen molar-refractivity contribution in [1.29, 1.82) is 0 Å². The Morgan fingerprint density at radius 1 is 1.07 bits per heavy atom. The number of hydrogen-bond acceptors (Lipinski definition) is 3. The summed E-state index contributed by atoms with van der Waals surface area (Å²) in [4.78, 5) is 20.2. The molecule has 1 amide bonds. The second kappa shape index (κ2) is 7.70. The van der Waals surface area contributed by atoms with Gasteiger partial charge in [0, 0.05) is 25.0 Å². The van der Waals surface area contributed by atoms with Crippen molar-refractivity contribution in [3.8, 4) is 5.69 Å². The Bertz CT molecular complexity index is 994. The fraction of sp³-hybridized carbons (Fsp3) is 0.0952. The predicted octanol–water partition coefficient (Wildman–Crippen LogP) is 3.31. The van der Waals surface area contributed by atoms with Crippen molar-refractivity contribution in [2.45, 2.75) is 12.5 Å². The number of para-hydroxylation sites is 1. The maximum Gasteiger partial charge on any atom is 0.254 e. The SMILES string of the molecule is O=C(N[C@@H](Cc1ncc[nH]1)c1ccccc1)c1cnn(-c2ccccc2)c1. The van der Waals surface area contributed by atoms with Gasteiger partial charge < -0.3 is 10.3 Å². The summed E-state index contributed by atoms with van der Waals surface area (Å²) in [7, 11) is 0. The second-order valence-electron chi connectivity index (χ2n) is 6.19. The largest absolute Gasteiger partial charge is 0.349 e. The van der Waals surface area contributed by atoms with E-state index in [1.54, 1.807) is 29.5 Å². The van der Waals surface area contributed by atoms with Gasteiger partial charge in [0.1, 0.15) is 5.82 Å². The van der Waals surface area contributed by atoms with E-state index in [1.807, 2.05) is 60.7 Å². The number of hydrogen-bond donors (Lipinski definition) is 2. The minimum absolute atomic E-state index is 0.169. The molecule has 2 heterocycles. The van der Waals surface area contributed by atoms with Crippen LogP contribution >= 0.6 is 0 Å². The molecule has 0 radical (unpaired) electrons. The molecule has 0 aliphatic heterocycles. The molecular formula is C21H19N5O. The third kappa shape index (κ3) is 3.95. The van der Waals surface area contributed by atoms with E-state index in [2.05, 4.69) is 20.4 Å². The number of carbonyl (C=O) groups is 1. The molecule has 1 atom stereocenters. The van der Waals surface area contributed by atoms with Gasteiger partial charge in [-0.1, -0.05) is 48.5 Å². The summed E-state index contributed by atoms with van der Waals surface area (Å²) in [6.07, 6.45) is 7.39. The van der Waals surface area contributed by atoms with Crippen LogP contribution in [0.4, 0.5) is 0 Å². The lowest BCUT2D eigenvalue weighted by molar-refractivity contribution is 0.0936. The maximum absolute atomic E-state index is 12.8. The van der Waals surface area contributed by atoms with Crippen LogP contribution in [0.1, 0.15) is 27.8 Å². The number of carbonyl (C=O) groups excluding carboxylic acids is 1. The van der Waals surface area contributed by atoms with Crippen molar-refractivity contribution in [1.82, 2.24) is 25.1 Å². The van der Waals surface area contributed by atoms with E-state index in [1.165, 1.54) is 0 Å². The van der Waals surface area contributed by atoms with Gasteiger partial charge in [-0.05, 0) is 17.7 Å². The fourth-order valence-electron chi connectivity index (χ4n) is 2.94. The van der Waals surface area contributed by atoms with Crippen LogP contribution in [0.3, 0.4) is 0 Å². The zero-order chi connectivity index (χ0) is 18.5. The average Bonchev–Trinajstić information content (AvgIpc) is 3.41. The lowest BCUT2D eigenvalue weighted by Crippen LogP contribution is -2.30. The lowest BCUT2D eigenvalue weighted by atomic mass is 10.0. The predicted molar refractivity (Wildman–Crippen MR) is 103 cm³/mol. The van der Waals surface area contributed by atoms with E-state index in [9.17, 15) is 4.79 Å². The second-order valence-corrected chi connectivity index (χ2v) is 6.19. The Morgan fingerprint density at radius 2 is 1.81 bits per heavy atom. The van der Waals surface area contributed by atoms with Gasteiger partial charge in [-0.2, -0.15) is 5.10 Å². The maximum atomic E-state index is 12.8. The van der Waals surface area contributed by atoms with Gasteiger partial charge in [0.05, 0.1) is 23.5 Å². The summed E-state index contributed by atoms with van der Waals surface area (Å²) < 4.78 is 1.69. The van der Waals surface area contributed by atoms with Crippen LogP contribution in [0.25, 0.3) is 5.69 Å². The highest BCUT2D eigenvalue weighted by atomic mass is 16.1. The van der Waals surface area contributed by atoms with Crippen molar-refractivity contribution in [2.24, 2.45) is 0 Å². The monoisotopic (exact) mass is 357 g/mol. The van der Waals surface area contributed by atoms with Crippen LogP contribution in [-0.4, -0.2) is 25.7 Å². The van der Waals surface area contributed by atoms with Gasteiger partial charge in [-0.25, -0.2) is 9.67 Å². The van der Waals surface area contributed by atoms with Crippen molar-refractivity contribution < 1.29 is 4.79 Å². The summed E-state index contributed by atoms with van der Waals surface area (Å²) in [5.74, 6) is 0.654. The van der Waals surface area contributed by atoms with Crippen molar-refractivity contribution >= 4 is 5.91 Å². The number of H-pyrrole nitrogens is 1. The molecule has 0 fully saturated rings. The highest BCUT2D eigenvalue weighted by molar-refractivity contribution is 5.94. The Hall–Kier alpha value is -3.67. The molecule has 134 valence electrons. The van der Waals surface area contributed by atoms with Gasteiger partial charge in [0.25, 0.3) is 5.91 Å². The average molecular weight is 357 g/mol. The van der Waals surface area contributed by atoms with Crippen LogP contribution in [0.5, 0.6) is 0 Å². The van der Waals surface area contributed by atoms with Crippen molar-refractivity contribution in [2.75, 3.05) is 0 Å². The minimum Gasteiger partial charge on any atom is -0.349 e. The normalized spacial score (nSPS) is 11.9. The third-order valence-corrected chi connectivity index (χ3v) is 4.33. The van der Waals surface area contributed by atoms with E-state index in [-0.39, 0.29) is 11.9 Å². The number of aromatic nitrogens is 4. The van der Waals surface area contributed by atoms with Gasteiger partial charge in [0.2, 0.25) is 0 Å². The van der Waals surface area contributed by atoms with Gasteiger partial charge >= 0.3 is 0 Å². The Labute approximate surface area is 156 Å². The molecule has 6 nitrogen and oxygen atoms in total. The first kappa shape index (κ1) is 16.8. The van der Waals surface area contributed by atoms with Gasteiger partial charge in [-0.3, -0.25) is 4.79 Å². The van der Waals surface area contributed by atoms with E-state index in [0.29, 0.717) is 12.0 Å². The first-order valence-electron chi connectivity index (χ1n) is 8.74. The third-order valence-electron chi connectivity index (χ3n) is 4.33. The molecule has 2 aromatic carbocycles. The van der Waals surface area contributed by atoms with E-state index in [4.69, 9.17) is 0 Å². The highest BCUT2D eigenvalue weighted by Gasteiger charge is 2.18. The summed E-state index contributed by atoms with van der Waals surface area (Å²) in [5, 5.41) is 7.40. The summed E-state index contributed by atoms with van der Waals surface area (Å²) in [6.45, 7) is 0. The van der Waals surface area contributed by atoms with Crippen molar-refractivity contribution in [3.63, 3.8) is 0 Å². The molecule has 6 heteroatoms. The van der Waals surface area contributed by atoms with E-state index >= 15 is 0 Å². The van der Waals surface area contributed by atoms with Crippen LogP contribution in [0.15, 0.2) is 85.5 Å². The number of imidazole rings is 1. The molecule has 0 bridgehead atoms. The smallest absolute Gasteiger partial charge is 0.254 e. The fourth-order valence-corrected chi connectivity index (χ4v) is 2.94. The molecule has 0 aliphatic rings. The number of amides is 1. The molecule has 0 spiro atoms. The first-order chi connectivity index (χ1) is 13.3. The number of nitrogens with zero attached hydrogens (tertiary/aromatic N) is 3. The van der Waals surface area contributed by atoms with E-state index in [0.717, 1.165) is 17.1 Å². The Balaban J connectivity index is 1.54. The Morgan fingerprint density at radius 3 is 2.52 bits per heavy atom. The lowest BCUT2D eigenvalue weighted by Gasteiger charge is -2.18. The molecular weight excluding hydrogens is 338 g/mol. The van der Waals surface area contributed by atoms with Crippen LogP contribution in [0, 0.1) is 0 Å². The zero-order valence-electron chi connectivity index (χ0n) is 14.6. The van der Waals surface area contributed by atoms with Crippen molar-refractivity contribution in [3.05, 3.63) is 102 Å². The summed E-state index contributed by atoms with van der Waals surface area (Å²) >= 11 is 0. The summed E-state index contributed by atoms with van der Waals surface area (Å²) in [5.41, 5.74) is 2.45. The first-order valence-corrected chi connectivity index (χ1v) is 8.74. The molecule has 0 aliphatic carbocycles. The quantitative estimate of drug-likeness (QED) is 0.556. The molecule has 0 saturated heterocycles. The molecule has 4 rings (SSSR count). The molecule has 2 N–H and O–H groups in total. The number of benzene rings is 2. The minimum atomic E-state index is -0.190.